The summed E-state index contributed by atoms with van der Waals surface area (Å²) in [6.07, 6.45) is 2.78. The van der Waals surface area contributed by atoms with E-state index in [1.54, 1.807) is 6.07 Å². The quantitative estimate of drug-likeness (QED) is 0.585. The Labute approximate surface area is 115 Å². The Bertz CT molecular complexity index is 420. The van der Waals surface area contributed by atoms with E-state index in [1.165, 1.54) is 0 Å². The van der Waals surface area contributed by atoms with Crippen LogP contribution in [0.1, 0.15) is 49.7 Å². The Balaban J connectivity index is 3.03. The van der Waals surface area contributed by atoms with Gasteiger partial charge in [0.05, 0.1) is 0 Å². The molecule has 0 aromatic carbocycles. The van der Waals surface area contributed by atoms with Crippen molar-refractivity contribution in [2.24, 2.45) is 5.84 Å². The molecule has 0 spiro atoms. The van der Waals surface area contributed by atoms with Crippen LogP contribution in [-0.2, 0) is 6.42 Å². The molecule has 0 aliphatic heterocycles. The number of nitrogen functional groups attached to an aromatic ring is 1. The minimum absolute atomic E-state index is 0.0422. The topological polar surface area (TPSA) is 71.2 Å². The molecule has 1 aromatic heterocycles. The normalized spacial score (nSPS) is 10.3. The van der Waals surface area contributed by atoms with Crippen molar-refractivity contribution in [1.82, 2.24) is 9.88 Å². The van der Waals surface area contributed by atoms with Gasteiger partial charge in [0, 0.05) is 24.3 Å². The second-order valence-corrected chi connectivity index (χ2v) is 4.51. The SMILES string of the molecule is CCCc1cc(C(=O)N(CC)CCC)cc(NN)n1. The monoisotopic (exact) mass is 264 g/mol. The van der Waals surface area contributed by atoms with Crippen LogP contribution in [0.4, 0.5) is 5.82 Å². The number of hydrogen-bond acceptors (Lipinski definition) is 4. The van der Waals surface area contributed by atoms with Crippen molar-refractivity contribution in [3.8, 4) is 0 Å². The number of nitrogens with two attached hydrogens (primary N) is 1. The second kappa shape index (κ2) is 7.74. The maximum Gasteiger partial charge on any atom is 0.254 e. The molecule has 1 amide bonds. The van der Waals surface area contributed by atoms with Crippen LogP contribution in [0, 0.1) is 0 Å². The van der Waals surface area contributed by atoms with Crippen molar-refractivity contribution >= 4 is 11.7 Å². The first-order valence-electron chi connectivity index (χ1n) is 6.93. The number of hydrogen-bond donors (Lipinski definition) is 2. The second-order valence-electron chi connectivity index (χ2n) is 4.51. The molecular weight excluding hydrogens is 240 g/mol. The number of carbonyl (C=O) groups is 1. The third-order valence-electron chi connectivity index (χ3n) is 2.94. The first kappa shape index (κ1) is 15.4. The summed E-state index contributed by atoms with van der Waals surface area (Å²) < 4.78 is 0. The van der Waals surface area contributed by atoms with Gasteiger partial charge in [-0.1, -0.05) is 20.3 Å². The highest BCUT2D eigenvalue weighted by Gasteiger charge is 2.15. The summed E-state index contributed by atoms with van der Waals surface area (Å²) in [5.41, 5.74) is 4.08. The number of aryl methyl sites for hydroxylation is 1. The maximum absolute atomic E-state index is 12.4. The fourth-order valence-electron chi connectivity index (χ4n) is 2.03. The van der Waals surface area contributed by atoms with Crippen LogP contribution < -0.4 is 11.3 Å². The van der Waals surface area contributed by atoms with Crippen molar-refractivity contribution in [3.63, 3.8) is 0 Å². The Kier molecular flexibility index (Phi) is 6.29. The van der Waals surface area contributed by atoms with Crippen LogP contribution in [0.3, 0.4) is 0 Å². The first-order valence-corrected chi connectivity index (χ1v) is 6.93. The molecule has 19 heavy (non-hydrogen) atoms. The molecule has 0 radical (unpaired) electrons. The van der Waals surface area contributed by atoms with E-state index in [0.29, 0.717) is 17.9 Å². The van der Waals surface area contributed by atoms with E-state index in [2.05, 4.69) is 24.3 Å². The van der Waals surface area contributed by atoms with Gasteiger partial charge in [-0.2, -0.15) is 0 Å². The van der Waals surface area contributed by atoms with Crippen molar-refractivity contribution in [3.05, 3.63) is 23.4 Å². The van der Waals surface area contributed by atoms with E-state index in [4.69, 9.17) is 5.84 Å². The zero-order valence-electron chi connectivity index (χ0n) is 12.1. The van der Waals surface area contributed by atoms with Gasteiger partial charge in [-0.3, -0.25) is 4.79 Å². The lowest BCUT2D eigenvalue weighted by Gasteiger charge is -2.20. The molecule has 0 atom stereocenters. The number of rotatable bonds is 7. The molecule has 1 rings (SSSR count). The molecule has 0 fully saturated rings. The molecule has 5 nitrogen and oxygen atoms in total. The summed E-state index contributed by atoms with van der Waals surface area (Å²) in [4.78, 5) is 18.6. The lowest BCUT2D eigenvalue weighted by Crippen LogP contribution is -2.31. The number of carbonyl (C=O) groups excluding carboxylic acids is 1. The van der Waals surface area contributed by atoms with E-state index in [9.17, 15) is 4.79 Å². The molecule has 0 aliphatic rings. The lowest BCUT2D eigenvalue weighted by molar-refractivity contribution is 0.0764. The van der Waals surface area contributed by atoms with Crippen LogP contribution in [-0.4, -0.2) is 28.9 Å². The third kappa shape index (κ3) is 4.21. The van der Waals surface area contributed by atoms with Crippen molar-refractivity contribution in [2.75, 3.05) is 18.5 Å². The summed E-state index contributed by atoms with van der Waals surface area (Å²) in [6, 6.07) is 3.57. The summed E-state index contributed by atoms with van der Waals surface area (Å²) in [5.74, 6) is 6.00. The number of hydrazine groups is 1. The highest BCUT2D eigenvalue weighted by molar-refractivity contribution is 5.95. The number of aromatic nitrogens is 1. The van der Waals surface area contributed by atoms with E-state index in [1.807, 2.05) is 17.9 Å². The number of nitrogens with one attached hydrogen (secondary N) is 1. The molecule has 0 saturated heterocycles. The fraction of sp³-hybridized carbons (Fsp3) is 0.571. The summed E-state index contributed by atoms with van der Waals surface area (Å²) in [7, 11) is 0. The molecule has 0 unspecified atom stereocenters. The minimum atomic E-state index is 0.0422. The Morgan fingerprint density at radius 1 is 1.32 bits per heavy atom. The molecule has 0 saturated carbocycles. The van der Waals surface area contributed by atoms with Crippen molar-refractivity contribution in [2.45, 2.75) is 40.0 Å². The fourth-order valence-corrected chi connectivity index (χ4v) is 2.03. The van der Waals surface area contributed by atoms with Crippen molar-refractivity contribution in [1.29, 1.82) is 0 Å². The Morgan fingerprint density at radius 3 is 2.58 bits per heavy atom. The molecule has 3 N–H and O–H groups in total. The lowest BCUT2D eigenvalue weighted by atomic mass is 10.1. The van der Waals surface area contributed by atoms with Crippen molar-refractivity contribution < 1.29 is 4.79 Å². The molecule has 0 bridgehead atoms. The maximum atomic E-state index is 12.4. The standard InChI is InChI=1S/C14H24N4O/c1-4-7-12-9-11(10-13(16-12)17-15)14(19)18(6-3)8-5-2/h9-10H,4-8,15H2,1-3H3,(H,16,17). The molecule has 1 heterocycles. The summed E-state index contributed by atoms with van der Waals surface area (Å²) >= 11 is 0. The number of amides is 1. The summed E-state index contributed by atoms with van der Waals surface area (Å²) in [6.45, 7) is 7.62. The predicted molar refractivity (Wildman–Crippen MR) is 77.9 cm³/mol. The van der Waals surface area contributed by atoms with E-state index >= 15 is 0 Å². The van der Waals surface area contributed by atoms with Crippen LogP contribution in [0.2, 0.25) is 0 Å². The molecular formula is C14H24N4O. The van der Waals surface area contributed by atoms with Crippen LogP contribution in [0.15, 0.2) is 12.1 Å². The average molecular weight is 264 g/mol. The van der Waals surface area contributed by atoms with Gasteiger partial charge in [0.2, 0.25) is 0 Å². The van der Waals surface area contributed by atoms with E-state index in [-0.39, 0.29) is 5.91 Å². The third-order valence-corrected chi connectivity index (χ3v) is 2.94. The molecule has 0 aliphatic carbocycles. The minimum Gasteiger partial charge on any atom is -0.339 e. The highest BCUT2D eigenvalue weighted by atomic mass is 16.2. The molecule has 106 valence electrons. The van der Waals surface area contributed by atoms with Crippen LogP contribution in [0.5, 0.6) is 0 Å². The average Bonchev–Trinajstić information content (AvgIpc) is 2.44. The smallest absolute Gasteiger partial charge is 0.254 e. The first-order chi connectivity index (χ1) is 9.15. The zero-order valence-corrected chi connectivity index (χ0v) is 12.1. The van der Waals surface area contributed by atoms with Gasteiger partial charge in [-0.25, -0.2) is 10.8 Å². The van der Waals surface area contributed by atoms with Gasteiger partial charge < -0.3 is 10.3 Å². The van der Waals surface area contributed by atoms with Crippen LogP contribution in [0.25, 0.3) is 0 Å². The highest BCUT2D eigenvalue weighted by Crippen LogP contribution is 2.14. The molecule has 5 heteroatoms. The van der Waals surface area contributed by atoms with E-state index < -0.39 is 0 Å². The number of anilines is 1. The number of pyridine rings is 1. The zero-order chi connectivity index (χ0) is 14.3. The van der Waals surface area contributed by atoms with Gasteiger partial charge in [0.1, 0.15) is 5.82 Å². The van der Waals surface area contributed by atoms with E-state index in [0.717, 1.165) is 31.5 Å². The molecule has 1 aromatic rings. The van der Waals surface area contributed by atoms with Gasteiger partial charge in [-0.15, -0.1) is 0 Å². The van der Waals surface area contributed by atoms with Gasteiger partial charge >= 0.3 is 0 Å². The predicted octanol–water partition coefficient (Wildman–Crippen LogP) is 2.19. The largest absolute Gasteiger partial charge is 0.339 e. The van der Waals surface area contributed by atoms with Gasteiger partial charge in [-0.05, 0) is 31.9 Å². The Hall–Kier alpha value is -1.62. The van der Waals surface area contributed by atoms with Gasteiger partial charge in [0.25, 0.3) is 5.91 Å². The summed E-state index contributed by atoms with van der Waals surface area (Å²) in [5, 5.41) is 0. The number of nitrogens with zero attached hydrogens (tertiary/aromatic N) is 2. The van der Waals surface area contributed by atoms with Crippen LogP contribution >= 0.6 is 0 Å². The Morgan fingerprint density at radius 2 is 2.05 bits per heavy atom. The van der Waals surface area contributed by atoms with Gasteiger partial charge in [0.15, 0.2) is 0 Å².